The van der Waals surface area contributed by atoms with E-state index in [2.05, 4.69) is 4.99 Å². The van der Waals surface area contributed by atoms with Crippen molar-refractivity contribution >= 4 is 12.2 Å². The van der Waals surface area contributed by atoms with E-state index in [4.69, 9.17) is 10.2 Å². The molecule has 0 spiro atoms. The molecule has 1 rings (SSSR count). The van der Waals surface area contributed by atoms with E-state index in [-0.39, 0.29) is 12.2 Å². The number of carboxylic acids is 1. The predicted octanol–water partition coefficient (Wildman–Crippen LogP) is 1.68. The van der Waals surface area contributed by atoms with E-state index in [1.807, 2.05) is 0 Å². The number of hydrogen-bond acceptors (Lipinski definition) is 3. The molecule has 4 nitrogen and oxygen atoms in total. The first kappa shape index (κ1) is 11.2. The van der Waals surface area contributed by atoms with E-state index in [0.717, 1.165) is 5.56 Å². The zero-order valence-corrected chi connectivity index (χ0v) is 8.26. The molecule has 0 bridgehead atoms. The number of nitrogens with zero attached hydrogens (tertiary/aromatic N) is 1. The molecule has 0 aliphatic rings. The van der Waals surface area contributed by atoms with Crippen molar-refractivity contribution in [1.29, 1.82) is 0 Å². The molecule has 0 fully saturated rings. The number of rotatable bonds is 5. The fraction of sp³-hybridized carbons (Fsp3) is 0.273. The van der Waals surface area contributed by atoms with Gasteiger partial charge in [-0.15, -0.1) is 0 Å². The minimum absolute atomic E-state index is 0.146. The first-order valence-corrected chi connectivity index (χ1v) is 4.69. The Morgan fingerprint density at radius 1 is 1.33 bits per heavy atom. The predicted molar refractivity (Wildman–Crippen MR) is 57.4 cm³/mol. The summed E-state index contributed by atoms with van der Waals surface area (Å²) < 4.78 is 0. The highest BCUT2D eigenvalue weighted by Gasteiger charge is 1.94. The maximum Gasteiger partial charge on any atom is 0.303 e. The van der Waals surface area contributed by atoms with Gasteiger partial charge >= 0.3 is 5.97 Å². The van der Waals surface area contributed by atoms with Gasteiger partial charge < -0.3 is 10.2 Å². The highest BCUT2D eigenvalue weighted by Crippen LogP contribution is 2.07. The van der Waals surface area contributed by atoms with Crippen molar-refractivity contribution in [3.8, 4) is 5.75 Å². The molecule has 80 valence electrons. The summed E-state index contributed by atoms with van der Waals surface area (Å²) in [5, 5.41) is 17.4. The Balaban J connectivity index is 2.32. The molecule has 0 heterocycles. The van der Waals surface area contributed by atoms with Gasteiger partial charge in [-0.05, 0) is 36.2 Å². The largest absolute Gasteiger partial charge is 0.508 e. The lowest BCUT2D eigenvalue weighted by Crippen LogP contribution is -1.95. The molecule has 0 aromatic heterocycles. The summed E-state index contributed by atoms with van der Waals surface area (Å²) in [7, 11) is 0. The van der Waals surface area contributed by atoms with Gasteiger partial charge in [0.15, 0.2) is 0 Å². The van der Waals surface area contributed by atoms with Crippen molar-refractivity contribution in [2.45, 2.75) is 12.8 Å². The number of phenols is 1. The molecular formula is C11H13NO3. The third kappa shape index (κ3) is 4.81. The molecule has 0 saturated carbocycles. The smallest absolute Gasteiger partial charge is 0.303 e. The van der Waals surface area contributed by atoms with Crippen LogP contribution in [0.15, 0.2) is 29.3 Å². The van der Waals surface area contributed by atoms with Gasteiger partial charge in [0.2, 0.25) is 0 Å². The zero-order valence-electron chi connectivity index (χ0n) is 8.26. The van der Waals surface area contributed by atoms with Gasteiger partial charge in [-0.25, -0.2) is 0 Å². The number of benzene rings is 1. The molecule has 2 N–H and O–H groups in total. The minimum Gasteiger partial charge on any atom is -0.508 e. The monoisotopic (exact) mass is 207 g/mol. The molecule has 0 radical (unpaired) electrons. The molecule has 1 aromatic carbocycles. The third-order valence-corrected chi connectivity index (χ3v) is 1.81. The summed E-state index contributed by atoms with van der Waals surface area (Å²) in [6.45, 7) is 0.507. The second kappa shape index (κ2) is 5.80. The minimum atomic E-state index is -0.796. The van der Waals surface area contributed by atoms with Gasteiger partial charge in [0.25, 0.3) is 0 Å². The first-order chi connectivity index (χ1) is 7.18. The first-order valence-electron chi connectivity index (χ1n) is 4.69. The van der Waals surface area contributed by atoms with Crippen LogP contribution in [0.3, 0.4) is 0 Å². The number of aliphatic imine (C=N–C) groups is 1. The van der Waals surface area contributed by atoms with E-state index in [9.17, 15) is 4.79 Å². The molecule has 0 amide bonds. The number of hydrogen-bond donors (Lipinski definition) is 2. The zero-order chi connectivity index (χ0) is 11.1. The number of aromatic hydroxyl groups is 1. The van der Waals surface area contributed by atoms with Crippen LogP contribution in [0.4, 0.5) is 0 Å². The van der Waals surface area contributed by atoms with Gasteiger partial charge in [-0.3, -0.25) is 9.79 Å². The number of aliphatic carboxylic acids is 1. The van der Waals surface area contributed by atoms with Crippen LogP contribution in [0, 0.1) is 0 Å². The van der Waals surface area contributed by atoms with Crippen LogP contribution in [0.1, 0.15) is 18.4 Å². The van der Waals surface area contributed by atoms with Crippen LogP contribution in [0.2, 0.25) is 0 Å². The summed E-state index contributed by atoms with van der Waals surface area (Å²) in [6, 6.07) is 6.66. The average Bonchev–Trinajstić information content (AvgIpc) is 2.20. The van der Waals surface area contributed by atoms with Gasteiger partial charge in [0.05, 0.1) is 0 Å². The van der Waals surface area contributed by atoms with Crippen molar-refractivity contribution in [2.24, 2.45) is 4.99 Å². The lowest BCUT2D eigenvalue weighted by atomic mass is 10.2. The Bertz CT molecular complexity index is 343. The van der Waals surface area contributed by atoms with Gasteiger partial charge in [0.1, 0.15) is 5.75 Å². The highest BCUT2D eigenvalue weighted by molar-refractivity contribution is 5.79. The van der Waals surface area contributed by atoms with E-state index in [0.29, 0.717) is 13.0 Å². The standard InChI is InChI=1S/C11H13NO3/c13-10-5-3-9(4-6-10)8-12-7-1-2-11(14)15/h3-6,8,13H,1-2,7H2,(H,14,15). The number of carbonyl (C=O) groups is 1. The third-order valence-electron chi connectivity index (χ3n) is 1.81. The van der Waals surface area contributed by atoms with Crippen molar-refractivity contribution in [3.05, 3.63) is 29.8 Å². The SMILES string of the molecule is O=C(O)CCCN=Cc1ccc(O)cc1. The molecule has 1 aromatic rings. The van der Waals surface area contributed by atoms with Crippen LogP contribution >= 0.6 is 0 Å². The van der Waals surface area contributed by atoms with Crippen molar-refractivity contribution < 1.29 is 15.0 Å². The topological polar surface area (TPSA) is 69.9 Å². The Hall–Kier alpha value is -1.84. The summed E-state index contributed by atoms with van der Waals surface area (Å²) in [5.74, 6) is -0.576. The fourth-order valence-electron chi connectivity index (χ4n) is 1.05. The molecule has 0 aliphatic carbocycles. The molecule has 0 saturated heterocycles. The summed E-state index contributed by atoms with van der Waals surface area (Å²) in [6.07, 6.45) is 2.36. The Morgan fingerprint density at radius 3 is 2.60 bits per heavy atom. The van der Waals surface area contributed by atoms with E-state index < -0.39 is 5.97 Å². The summed E-state index contributed by atoms with van der Waals surface area (Å²) in [5.41, 5.74) is 0.892. The van der Waals surface area contributed by atoms with Crippen molar-refractivity contribution in [3.63, 3.8) is 0 Å². The van der Waals surface area contributed by atoms with Crippen LogP contribution in [-0.4, -0.2) is 28.9 Å². The fourth-order valence-corrected chi connectivity index (χ4v) is 1.05. The normalized spacial score (nSPS) is 10.7. The molecule has 0 unspecified atom stereocenters. The van der Waals surface area contributed by atoms with Gasteiger partial charge in [-0.2, -0.15) is 0 Å². The molecule has 0 aliphatic heterocycles. The quantitative estimate of drug-likeness (QED) is 0.570. The van der Waals surface area contributed by atoms with Crippen LogP contribution < -0.4 is 0 Å². The maximum atomic E-state index is 10.2. The Morgan fingerprint density at radius 2 is 2.00 bits per heavy atom. The molecular weight excluding hydrogens is 194 g/mol. The van der Waals surface area contributed by atoms with Crippen molar-refractivity contribution in [2.75, 3.05) is 6.54 Å². The van der Waals surface area contributed by atoms with Crippen LogP contribution in [0.5, 0.6) is 5.75 Å². The number of carboxylic acid groups (broad SMARTS) is 1. The second-order valence-corrected chi connectivity index (χ2v) is 3.12. The van der Waals surface area contributed by atoms with Crippen LogP contribution in [0.25, 0.3) is 0 Å². The van der Waals surface area contributed by atoms with Gasteiger partial charge in [0, 0.05) is 19.2 Å². The molecule has 4 heteroatoms. The second-order valence-electron chi connectivity index (χ2n) is 3.12. The van der Waals surface area contributed by atoms with E-state index in [1.165, 1.54) is 0 Å². The lowest BCUT2D eigenvalue weighted by Gasteiger charge is -1.94. The average molecular weight is 207 g/mol. The lowest BCUT2D eigenvalue weighted by molar-refractivity contribution is -0.137. The summed E-state index contributed by atoms with van der Waals surface area (Å²) >= 11 is 0. The van der Waals surface area contributed by atoms with Crippen molar-refractivity contribution in [1.82, 2.24) is 0 Å². The molecule has 0 atom stereocenters. The summed E-state index contributed by atoms with van der Waals surface area (Å²) in [4.78, 5) is 14.3. The Kier molecular flexibility index (Phi) is 4.34. The van der Waals surface area contributed by atoms with E-state index >= 15 is 0 Å². The maximum absolute atomic E-state index is 10.2. The number of phenolic OH excluding ortho intramolecular Hbond substituents is 1. The molecule has 15 heavy (non-hydrogen) atoms. The Labute approximate surface area is 87.9 Å². The van der Waals surface area contributed by atoms with Crippen LogP contribution in [-0.2, 0) is 4.79 Å². The highest BCUT2D eigenvalue weighted by atomic mass is 16.4. The van der Waals surface area contributed by atoms with Gasteiger partial charge in [-0.1, -0.05) is 0 Å². The van der Waals surface area contributed by atoms with E-state index in [1.54, 1.807) is 30.5 Å².